The van der Waals surface area contributed by atoms with E-state index < -0.39 is 11.4 Å². The number of ether oxygens (including phenoxy) is 2. The minimum atomic E-state index is -0.922. The number of aromatic hydroxyl groups is 1. The molecular weight excluding hydrogens is 236 g/mol. The molecule has 0 saturated heterocycles. The Morgan fingerprint density at radius 1 is 1.22 bits per heavy atom. The molecule has 0 aliphatic heterocycles. The van der Waals surface area contributed by atoms with E-state index in [1.54, 1.807) is 19.9 Å². The number of phenolic OH excluding ortho intramolecular Hbond substituents is 1. The van der Waals surface area contributed by atoms with Crippen LogP contribution in [0.2, 0.25) is 0 Å². The van der Waals surface area contributed by atoms with Gasteiger partial charge in [0.15, 0.2) is 11.5 Å². The summed E-state index contributed by atoms with van der Waals surface area (Å²) < 4.78 is 10.2. The predicted molar refractivity (Wildman–Crippen MR) is 66.5 cm³/mol. The van der Waals surface area contributed by atoms with Crippen LogP contribution in [-0.2, 0) is 10.2 Å². The summed E-state index contributed by atoms with van der Waals surface area (Å²) in [5.41, 5.74) is -0.183. The lowest BCUT2D eigenvalue weighted by Gasteiger charge is -2.25. The van der Waals surface area contributed by atoms with Crippen LogP contribution in [-0.4, -0.2) is 30.4 Å². The van der Waals surface area contributed by atoms with E-state index in [9.17, 15) is 9.90 Å². The maximum atomic E-state index is 10.8. The van der Waals surface area contributed by atoms with Crippen LogP contribution in [0.4, 0.5) is 0 Å². The Morgan fingerprint density at radius 3 is 2.17 bits per heavy atom. The van der Waals surface area contributed by atoms with E-state index in [1.807, 2.05) is 0 Å². The molecule has 1 aromatic carbocycles. The molecule has 0 aromatic heterocycles. The van der Waals surface area contributed by atoms with E-state index in [0.29, 0.717) is 17.1 Å². The predicted octanol–water partition coefficient (Wildman–Crippen LogP) is 2.16. The topological polar surface area (TPSA) is 76.0 Å². The molecule has 0 heterocycles. The molecule has 0 fully saturated rings. The van der Waals surface area contributed by atoms with E-state index in [1.165, 1.54) is 20.3 Å². The molecule has 0 atom stereocenters. The van der Waals surface area contributed by atoms with Crippen molar-refractivity contribution < 1.29 is 24.5 Å². The molecule has 0 aliphatic rings. The number of hydrogen-bond acceptors (Lipinski definition) is 4. The van der Waals surface area contributed by atoms with Crippen molar-refractivity contribution in [3.8, 4) is 17.2 Å². The molecule has 0 aliphatic carbocycles. The number of carboxylic acid groups (broad SMARTS) is 1. The van der Waals surface area contributed by atoms with Crippen molar-refractivity contribution in [1.82, 2.24) is 0 Å². The van der Waals surface area contributed by atoms with Crippen molar-refractivity contribution in [3.05, 3.63) is 17.7 Å². The van der Waals surface area contributed by atoms with Gasteiger partial charge < -0.3 is 19.7 Å². The lowest BCUT2D eigenvalue weighted by molar-refractivity contribution is -0.138. The number of aliphatic carboxylic acids is 1. The molecule has 5 nitrogen and oxygen atoms in total. The normalized spacial score (nSPS) is 11.1. The summed E-state index contributed by atoms with van der Waals surface area (Å²) in [5.74, 6) is -0.0540. The third kappa shape index (κ3) is 2.85. The molecule has 5 heteroatoms. The monoisotopic (exact) mass is 254 g/mol. The second-order valence-corrected chi connectivity index (χ2v) is 4.68. The molecule has 100 valence electrons. The van der Waals surface area contributed by atoms with Crippen LogP contribution in [0.15, 0.2) is 12.1 Å². The molecule has 0 bridgehead atoms. The van der Waals surface area contributed by atoms with Crippen LogP contribution in [0.1, 0.15) is 25.8 Å². The van der Waals surface area contributed by atoms with Crippen LogP contribution in [0.5, 0.6) is 17.2 Å². The van der Waals surface area contributed by atoms with E-state index in [0.717, 1.165) is 0 Å². The Balaban J connectivity index is 3.28. The maximum Gasteiger partial charge on any atom is 0.304 e. The molecule has 0 spiro atoms. The number of methoxy groups -OCH3 is 2. The highest BCUT2D eigenvalue weighted by Crippen LogP contribution is 2.41. The standard InChI is InChI=1S/C13H18O5/c1-13(2,7-12(15)16)8-5-10(17-3)11(18-4)6-9(8)14/h5-6,14H,7H2,1-4H3,(H,15,16). The summed E-state index contributed by atoms with van der Waals surface area (Å²) in [6, 6.07) is 3.04. The Kier molecular flexibility index (Phi) is 4.06. The van der Waals surface area contributed by atoms with Gasteiger partial charge in [-0.15, -0.1) is 0 Å². The van der Waals surface area contributed by atoms with Gasteiger partial charge in [-0.2, -0.15) is 0 Å². The quantitative estimate of drug-likeness (QED) is 0.842. The number of rotatable bonds is 5. The van der Waals surface area contributed by atoms with Crippen molar-refractivity contribution >= 4 is 5.97 Å². The Hall–Kier alpha value is -1.91. The minimum absolute atomic E-state index is 0.00102. The summed E-state index contributed by atoms with van der Waals surface area (Å²) in [4.78, 5) is 10.8. The fourth-order valence-electron chi connectivity index (χ4n) is 1.88. The third-order valence-electron chi connectivity index (χ3n) is 2.82. The zero-order valence-corrected chi connectivity index (χ0v) is 11.0. The van der Waals surface area contributed by atoms with Crippen LogP contribution in [0.25, 0.3) is 0 Å². The average Bonchev–Trinajstić information content (AvgIpc) is 2.26. The largest absolute Gasteiger partial charge is 0.508 e. The minimum Gasteiger partial charge on any atom is -0.508 e. The molecule has 0 unspecified atom stereocenters. The van der Waals surface area contributed by atoms with Gasteiger partial charge in [0.05, 0.1) is 20.6 Å². The van der Waals surface area contributed by atoms with Crippen LogP contribution < -0.4 is 9.47 Å². The summed E-state index contributed by atoms with van der Waals surface area (Å²) in [6.45, 7) is 3.50. The van der Waals surface area contributed by atoms with Crippen molar-refractivity contribution in [3.63, 3.8) is 0 Å². The van der Waals surface area contributed by atoms with Gasteiger partial charge in [0.1, 0.15) is 5.75 Å². The summed E-state index contributed by atoms with van der Waals surface area (Å²) in [5, 5.41) is 18.9. The average molecular weight is 254 g/mol. The highest BCUT2D eigenvalue weighted by Gasteiger charge is 2.28. The molecular formula is C13H18O5. The SMILES string of the molecule is COc1cc(O)c(C(C)(C)CC(=O)O)cc1OC. The summed E-state index contributed by atoms with van der Waals surface area (Å²) in [6.07, 6.45) is -0.0873. The highest BCUT2D eigenvalue weighted by atomic mass is 16.5. The highest BCUT2D eigenvalue weighted by molar-refractivity contribution is 5.69. The van der Waals surface area contributed by atoms with Crippen molar-refractivity contribution in [2.45, 2.75) is 25.7 Å². The lowest BCUT2D eigenvalue weighted by atomic mass is 9.81. The first-order valence-corrected chi connectivity index (χ1v) is 5.49. The number of carbonyl (C=O) groups is 1. The molecule has 0 saturated carbocycles. The number of phenols is 1. The number of benzene rings is 1. The van der Waals surface area contributed by atoms with E-state index in [4.69, 9.17) is 14.6 Å². The molecule has 2 N–H and O–H groups in total. The van der Waals surface area contributed by atoms with Gasteiger partial charge in [-0.25, -0.2) is 0 Å². The first-order chi connectivity index (χ1) is 8.31. The Morgan fingerprint density at radius 2 is 1.72 bits per heavy atom. The van der Waals surface area contributed by atoms with E-state index in [2.05, 4.69) is 0 Å². The number of carboxylic acids is 1. The second kappa shape index (κ2) is 5.16. The first-order valence-electron chi connectivity index (χ1n) is 5.49. The van der Waals surface area contributed by atoms with Gasteiger partial charge in [0, 0.05) is 17.0 Å². The molecule has 1 aromatic rings. The first kappa shape index (κ1) is 14.2. The molecule has 18 heavy (non-hydrogen) atoms. The summed E-state index contributed by atoms with van der Waals surface area (Å²) >= 11 is 0. The smallest absolute Gasteiger partial charge is 0.304 e. The van der Waals surface area contributed by atoms with Gasteiger partial charge in [0.25, 0.3) is 0 Å². The van der Waals surface area contributed by atoms with Crippen LogP contribution in [0.3, 0.4) is 0 Å². The van der Waals surface area contributed by atoms with Gasteiger partial charge in [-0.3, -0.25) is 4.79 Å². The fraction of sp³-hybridized carbons (Fsp3) is 0.462. The molecule has 0 radical (unpaired) electrons. The fourth-order valence-corrected chi connectivity index (χ4v) is 1.88. The van der Waals surface area contributed by atoms with Crippen LogP contribution in [0, 0.1) is 0 Å². The van der Waals surface area contributed by atoms with E-state index >= 15 is 0 Å². The Bertz CT molecular complexity index is 451. The molecule has 0 amide bonds. The van der Waals surface area contributed by atoms with Gasteiger partial charge in [0.2, 0.25) is 0 Å². The Labute approximate surface area is 106 Å². The number of hydrogen-bond donors (Lipinski definition) is 2. The van der Waals surface area contributed by atoms with E-state index in [-0.39, 0.29) is 12.2 Å². The van der Waals surface area contributed by atoms with Crippen molar-refractivity contribution in [1.29, 1.82) is 0 Å². The second-order valence-electron chi connectivity index (χ2n) is 4.68. The lowest BCUT2D eigenvalue weighted by Crippen LogP contribution is -2.22. The van der Waals surface area contributed by atoms with Gasteiger partial charge >= 0.3 is 5.97 Å². The van der Waals surface area contributed by atoms with Crippen molar-refractivity contribution in [2.75, 3.05) is 14.2 Å². The van der Waals surface area contributed by atoms with Gasteiger partial charge in [-0.05, 0) is 6.07 Å². The van der Waals surface area contributed by atoms with Crippen LogP contribution >= 0.6 is 0 Å². The molecule has 1 rings (SSSR count). The summed E-state index contributed by atoms with van der Waals surface area (Å²) in [7, 11) is 2.96. The zero-order chi connectivity index (χ0) is 13.9. The van der Waals surface area contributed by atoms with Crippen molar-refractivity contribution in [2.24, 2.45) is 0 Å². The third-order valence-corrected chi connectivity index (χ3v) is 2.82. The maximum absolute atomic E-state index is 10.8. The van der Waals surface area contributed by atoms with Gasteiger partial charge in [-0.1, -0.05) is 13.8 Å². The zero-order valence-electron chi connectivity index (χ0n) is 11.0.